The lowest BCUT2D eigenvalue weighted by Crippen LogP contribution is -2.29. The van der Waals surface area contributed by atoms with Gasteiger partial charge in [-0.1, -0.05) is 29.4 Å². The minimum atomic E-state index is -4.45. The molecule has 6 nitrogen and oxygen atoms in total. The lowest BCUT2D eigenvalue weighted by atomic mass is 10.1. The molecular formula is C19H15F3N4O2. The molecule has 1 aliphatic heterocycles. The summed E-state index contributed by atoms with van der Waals surface area (Å²) in [5, 5.41) is 6.62. The summed E-state index contributed by atoms with van der Waals surface area (Å²) in [7, 11) is 0. The van der Waals surface area contributed by atoms with Gasteiger partial charge in [0.2, 0.25) is 11.7 Å². The smallest absolute Gasteiger partial charge is 0.360 e. The summed E-state index contributed by atoms with van der Waals surface area (Å²) in [6, 6.07) is 11.9. The van der Waals surface area contributed by atoms with Crippen LogP contribution in [-0.2, 0) is 12.7 Å². The van der Waals surface area contributed by atoms with Crippen LogP contribution in [0.3, 0.4) is 0 Å². The van der Waals surface area contributed by atoms with E-state index >= 15 is 0 Å². The van der Waals surface area contributed by atoms with Crippen molar-refractivity contribution in [2.45, 2.75) is 12.7 Å². The van der Waals surface area contributed by atoms with Crippen LogP contribution < -0.4 is 10.2 Å². The zero-order chi connectivity index (χ0) is 19.7. The molecule has 1 aromatic heterocycles. The van der Waals surface area contributed by atoms with Crippen molar-refractivity contribution >= 4 is 11.6 Å². The fourth-order valence-corrected chi connectivity index (χ4v) is 3.06. The van der Waals surface area contributed by atoms with E-state index in [-0.39, 0.29) is 29.7 Å². The van der Waals surface area contributed by atoms with E-state index in [0.717, 1.165) is 17.8 Å². The summed E-state index contributed by atoms with van der Waals surface area (Å²) in [6.45, 7) is 1.21. The van der Waals surface area contributed by atoms with Crippen molar-refractivity contribution in [2.24, 2.45) is 0 Å². The van der Waals surface area contributed by atoms with E-state index in [4.69, 9.17) is 4.52 Å². The van der Waals surface area contributed by atoms with E-state index in [1.807, 2.05) is 17.0 Å². The maximum Gasteiger partial charge on any atom is 0.416 e. The number of hydrogen-bond acceptors (Lipinski definition) is 5. The summed E-state index contributed by atoms with van der Waals surface area (Å²) in [5.74, 6) is 0.170. The predicted molar refractivity (Wildman–Crippen MR) is 94.6 cm³/mol. The molecule has 0 saturated heterocycles. The fraction of sp³-hybridized carbons (Fsp3) is 0.211. The number of anilines is 1. The third-order valence-corrected chi connectivity index (χ3v) is 4.40. The van der Waals surface area contributed by atoms with Crippen LogP contribution in [0, 0.1) is 0 Å². The molecule has 0 unspecified atom stereocenters. The SMILES string of the molecule is O=C1NCCN(Cc2nc(-c3cccc(C(F)(F)F)c3)no2)c2ccccc21. The average Bonchev–Trinajstić information content (AvgIpc) is 3.09. The molecule has 0 bridgehead atoms. The van der Waals surface area contributed by atoms with Crippen molar-refractivity contribution < 1.29 is 22.5 Å². The van der Waals surface area contributed by atoms with Crippen LogP contribution in [0.2, 0.25) is 0 Å². The summed E-state index contributed by atoms with van der Waals surface area (Å²) < 4.78 is 44.0. The van der Waals surface area contributed by atoms with Crippen LogP contribution in [-0.4, -0.2) is 29.1 Å². The lowest BCUT2D eigenvalue weighted by Gasteiger charge is -2.21. The largest absolute Gasteiger partial charge is 0.416 e. The highest BCUT2D eigenvalue weighted by molar-refractivity contribution is 6.00. The maximum atomic E-state index is 12.9. The van der Waals surface area contributed by atoms with Gasteiger partial charge in [-0.2, -0.15) is 18.2 Å². The number of para-hydroxylation sites is 1. The van der Waals surface area contributed by atoms with Crippen molar-refractivity contribution in [3.63, 3.8) is 0 Å². The Bertz CT molecular complexity index is 1020. The second-order valence-electron chi connectivity index (χ2n) is 6.28. The third kappa shape index (κ3) is 3.55. The van der Waals surface area contributed by atoms with Crippen molar-refractivity contribution in [1.29, 1.82) is 0 Å². The Balaban J connectivity index is 1.59. The number of carbonyl (C=O) groups is 1. The molecule has 0 fully saturated rings. The number of hydrogen-bond donors (Lipinski definition) is 1. The second-order valence-corrected chi connectivity index (χ2v) is 6.28. The molecule has 9 heteroatoms. The van der Waals surface area contributed by atoms with Crippen molar-refractivity contribution in [3.05, 3.63) is 65.5 Å². The predicted octanol–water partition coefficient (Wildman–Crippen LogP) is 3.51. The molecule has 144 valence electrons. The monoisotopic (exact) mass is 388 g/mol. The standard InChI is InChI=1S/C19H15F3N4O2/c20-19(21,22)13-5-3-4-12(10-13)17-24-16(28-25-17)11-26-9-8-23-18(27)14-6-1-2-7-15(14)26/h1-7,10H,8-9,11H2,(H,23,27). The number of nitrogens with one attached hydrogen (secondary N) is 1. The highest BCUT2D eigenvalue weighted by Gasteiger charge is 2.31. The molecule has 0 spiro atoms. The molecule has 28 heavy (non-hydrogen) atoms. The van der Waals surface area contributed by atoms with E-state index in [1.165, 1.54) is 12.1 Å². The Morgan fingerprint density at radius 2 is 1.96 bits per heavy atom. The number of fused-ring (bicyclic) bond motifs is 1. The van der Waals surface area contributed by atoms with Gasteiger partial charge >= 0.3 is 6.18 Å². The third-order valence-electron chi connectivity index (χ3n) is 4.40. The molecular weight excluding hydrogens is 373 g/mol. The first-order chi connectivity index (χ1) is 13.4. The van der Waals surface area contributed by atoms with Crippen molar-refractivity contribution in [2.75, 3.05) is 18.0 Å². The molecule has 3 aromatic rings. The normalized spacial score (nSPS) is 14.4. The van der Waals surface area contributed by atoms with Gasteiger partial charge in [0.15, 0.2) is 0 Å². The van der Waals surface area contributed by atoms with E-state index in [2.05, 4.69) is 15.5 Å². The molecule has 0 aliphatic carbocycles. The maximum absolute atomic E-state index is 12.9. The first kappa shape index (κ1) is 18.0. The highest BCUT2D eigenvalue weighted by atomic mass is 19.4. The number of benzene rings is 2. The van der Waals surface area contributed by atoms with E-state index in [0.29, 0.717) is 18.7 Å². The molecule has 2 heterocycles. The molecule has 0 saturated carbocycles. The molecule has 2 aromatic carbocycles. The average molecular weight is 388 g/mol. The zero-order valence-corrected chi connectivity index (χ0v) is 14.5. The second kappa shape index (κ2) is 6.99. The number of amides is 1. The first-order valence-electron chi connectivity index (χ1n) is 8.54. The van der Waals surface area contributed by atoms with E-state index in [1.54, 1.807) is 12.1 Å². The minimum absolute atomic E-state index is 0.0819. The molecule has 0 atom stereocenters. The minimum Gasteiger partial charge on any atom is -0.360 e. The fourth-order valence-electron chi connectivity index (χ4n) is 3.06. The number of aromatic nitrogens is 2. The van der Waals surface area contributed by atoms with Crippen molar-refractivity contribution in [3.8, 4) is 11.4 Å². The summed E-state index contributed by atoms with van der Waals surface area (Å²) in [4.78, 5) is 18.3. The van der Waals surface area contributed by atoms with Gasteiger partial charge < -0.3 is 14.7 Å². The number of alkyl halides is 3. The van der Waals surface area contributed by atoms with Crippen LogP contribution in [0.15, 0.2) is 53.1 Å². The lowest BCUT2D eigenvalue weighted by molar-refractivity contribution is -0.137. The quantitative estimate of drug-likeness (QED) is 0.744. The van der Waals surface area contributed by atoms with Crippen molar-refractivity contribution in [1.82, 2.24) is 15.5 Å². The number of carbonyl (C=O) groups excluding carboxylic acids is 1. The Hall–Kier alpha value is -3.36. The van der Waals surface area contributed by atoms with Crippen LogP contribution >= 0.6 is 0 Å². The van der Waals surface area contributed by atoms with E-state index < -0.39 is 11.7 Å². The molecule has 1 amide bonds. The number of nitrogens with zero attached hydrogens (tertiary/aromatic N) is 3. The van der Waals surface area contributed by atoms with Crippen LogP contribution in [0.5, 0.6) is 0 Å². The molecule has 0 radical (unpaired) electrons. The number of rotatable bonds is 3. The summed E-state index contributed by atoms with van der Waals surface area (Å²) in [5.41, 5.74) is 0.717. The van der Waals surface area contributed by atoms with Gasteiger partial charge in [-0.25, -0.2) is 0 Å². The van der Waals surface area contributed by atoms with Gasteiger partial charge in [0, 0.05) is 18.7 Å². The molecule has 1 aliphatic rings. The first-order valence-corrected chi connectivity index (χ1v) is 8.54. The Morgan fingerprint density at radius 1 is 1.14 bits per heavy atom. The van der Waals surface area contributed by atoms with Gasteiger partial charge in [-0.15, -0.1) is 0 Å². The highest BCUT2D eigenvalue weighted by Crippen LogP contribution is 2.31. The molecule has 4 rings (SSSR count). The zero-order valence-electron chi connectivity index (χ0n) is 14.5. The Labute approximate surface area is 158 Å². The Morgan fingerprint density at radius 3 is 2.79 bits per heavy atom. The molecule has 1 N–H and O–H groups in total. The summed E-state index contributed by atoms with van der Waals surface area (Å²) >= 11 is 0. The number of halogens is 3. The van der Waals surface area contributed by atoms with Crippen LogP contribution in [0.25, 0.3) is 11.4 Å². The summed E-state index contributed by atoms with van der Waals surface area (Å²) in [6.07, 6.45) is -4.45. The van der Waals surface area contributed by atoms with Crippen LogP contribution in [0.1, 0.15) is 21.8 Å². The van der Waals surface area contributed by atoms with E-state index in [9.17, 15) is 18.0 Å². The van der Waals surface area contributed by atoms with Gasteiger partial charge in [0.05, 0.1) is 23.4 Å². The van der Waals surface area contributed by atoms with Gasteiger partial charge in [-0.3, -0.25) is 4.79 Å². The topological polar surface area (TPSA) is 71.3 Å². The van der Waals surface area contributed by atoms with Gasteiger partial charge in [0.25, 0.3) is 5.91 Å². The van der Waals surface area contributed by atoms with Gasteiger partial charge in [0.1, 0.15) is 0 Å². The Kier molecular flexibility index (Phi) is 4.50. The van der Waals surface area contributed by atoms with Gasteiger partial charge in [-0.05, 0) is 24.3 Å². The van der Waals surface area contributed by atoms with Crippen LogP contribution in [0.4, 0.5) is 18.9 Å².